The molecule has 0 unspecified atom stereocenters. The van der Waals surface area contributed by atoms with Crippen molar-refractivity contribution in [1.82, 2.24) is 15.1 Å². The molecule has 0 bridgehead atoms. The third kappa shape index (κ3) is 7.74. The lowest BCUT2D eigenvalue weighted by Gasteiger charge is -2.34. The van der Waals surface area contributed by atoms with Gasteiger partial charge in [-0.2, -0.15) is 13.2 Å². The van der Waals surface area contributed by atoms with E-state index in [4.69, 9.17) is 9.15 Å². The van der Waals surface area contributed by atoms with Gasteiger partial charge in [0.25, 0.3) is 0 Å². The van der Waals surface area contributed by atoms with E-state index in [2.05, 4.69) is 15.1 Å². The molecule has 1 amide bonds. The molecule has 0 spiro atoms. The number of fused-ring (bicyclic) bond motifs is 1. The largest absolute Gasteiger partial charge is 0.493 e. The predicted molar refractivity (Wildman–Crippen MR) is 142 cm³/mol. The van der Waals surface area contributed by atoms with E-state index in [1.807, 2.05) is 32.0 Å². The maximum Gasteiger partial charge on any atom is 0.416 e. The first kappa shape index (κ1) is 28.0. The van der Waals surface area contributed by atoms with E-state index in [1.165, 1.54) is 12.1 Å². The molecule has 0 saturated carbocycles. The molecule has 1 saturated heterocycles. The van der Waals surface area contributed by atoms with Crippen LogP contribution in [0.3, 0.4) is 0 Å². The lowest BCUT2D eigenvalue weighted by atomic mass is 10.0. The van der Waals surface area contributed by atoms with Gasteiger partial charge in [0, 0.05) is 49.2 Å². The van der Waals surface area contributed by atoms with Gasteiger partial charge in [0.1, 0.15) is 11.3 Å². The molecule has 206 valence electrons. The average molecular weight is 532 g/mol. The summed E-state index contributed by atoms with van der Waals surface area (Å²) in [6.45, 7) is 9.91. The standard InChI is InChI=1S/C29H36F3N3O3/c1-21(2)33-28(36)19-35-15-13-34(14-16-35)12-4-3-5-17-37-24-10-11-25-26(20-38-27(25)18-24)22-6-8-23(9-7-22)29(30,31)32/h6-11,18,20-21H,3-5,12-17,19H2,1-2H3,(H,33,36). The number of ether oxygens (including phenoxy) is 1. The summed E-state index contributed by atoms with van der Waals surface area (Å²) < 4.78 is 50.1. The Hall–Kier alpha value is -3.04. The number of benzene rings is 2. The van der Waals surface area contributed by atoms with Crippen LogP contribution in [0, 0.1) is 0 Å². The highest BCUT2D eigenvalue weighted by atomic mass is 19.4. The number of furan rings is 1. The van der Waals surface area contributed by atoms with Crippen LogP contribution in [0.1, 0.15) is 38.7 Å². The summed E-state index contributed by atoms with van der Waals surface area (Å²) in [6, 6.07) is 10.8. The van der Waals surface area contributed by atoms with Crippen LogP contribution >= 0.6 is 0 Å². The molecule has 2 aromatic carbocycles. The van der Waals surface area contributed by atoms with E-state index in [0.717, 1.165) is 75.1 Å². The van der Waals surface area contributed by atoms with Gasteiger partial charge in [0.2, 0.25) is 5.91 Å². The highest BCUT2D eigenvalue weighted by Gasteiger charge is 2.30. The van der Waals surface area contributed by atoms with Crippen LogP contribution < -0.4 is 10.1 Å². The number of nitrogens with zero attached hydrogens (tertiary/aromatic N) is 2. The molecule has 1 aliphatic heterocycles. The van der Waals surface area contributed by atoms with Crippen molar-refractivity contribution in [3.05, 3.63) is 54.3 Å². The van der Waals surface area contributed by atoms with Crippen LogP contribution in [0.2, 0.25) is 0 Å². The zero-order valence-corrected chi connectivity index (χ0v) is 22.0. The fourth-order valence-corrected chi connectivity index (χ4v) is 4.71. The molecular weight excluding hydrogens is 495 g/mol. The van der Waals surface area contributed by atoms with Crippen LogP contribution in [0.5, 0.6) is 5.75 Å². The molecule has 4 rings (SSSR count). The van der Waals surface area contributed by atoms with E-state index in [-0.39, 0.29) is 11.9 Å². The van der Waals surface area contributed by atoms with E-state index >= 15 is 0 Å². The minimum Gasteiger partial charge on any atom is -0.493 e. The zero-order chi connectivity index (χ0) is 27.1. The highest BCUT2D eigenvalue weighted by molar-refractivity contribution is 5.94. The topological polar surface area (TPSA) is 58.0 Å². The van der Waals surface area contributed by atoms with Crippen molar-refractivity contribution in [2.45, 2.75) is 45.3 Å². The molecule has 0 atom stereocenters. The van der Waals surface area contributed by atoms with Gasteiger partial charge >= 0.3 is 6.18 Å². The molecule has 1 aromatic heterocycles. The molecule has 1 N–H and O–H groups in total. The summed E-state index contributed by atoms with van der Waals surface area (Å²) in [5.74, 6) is 0.808. The number of piperazine rings is 1. The Morgan fingerprint density at radius 2 is 1.71 bits per heavy atom. The molecule has 1 fully saturated rings. The first-order valence-corrected chi connectivity index (χ1v) is 13.2. The lowest BCUT2D eigenvalue weighted by Crippen LogP contribution is -2.50. The highest BCUT2D eigenvalue weighted by Crippen LogP contribution is 2.35. The van der Waals surface area contributed by atoms with E-state index in [9.17, 15) is 18.0 Å². The van der Waals surface area contributed by atoms with Crippen molar-refractivity contribution >= 4 is 16.9 Å². The second-order valence-corrected chi connectivity index (χ2v) is 10.1. The number of amides is 1. The molecule has 1 aliphatic rings. The van der Waals surface area contributed by atoms with Gasteiger partial charge in [0.05, 0.1) is 25.0 Å². The second-order valence-electron chi connectivity index (χ2n) is 10.1. The first-order chi connectivity index (χ1) is 18.2. The number of alkyl halides is 3. The number of unbranched alkanes of at least 4 members (excludes halogenated alkanes) is 2. The number of nitrogens with one attached hydrogen (secondary N) is 1. The fraction of sp³-hybridized carbons (Fsp3) is 0.483. The Morgan fingerprint density at radius 1 is 1.00 bits per heavy atom. The van der Waals surface area contributed by atoms with Crippen LogP contribution in [0.15, 0.2) is 53.1 Å². The summed E-state index contributed by atoms with van der Waals surface area (Å²) in [4.78, 5) is 16.6. The lowest BCUT2D eigenvalue weighted by molar-refractivity contribution is -0.137. The van der Waals surface area contributed by atoms with Gasteiger partial charge < -0.3 is 19.4 Å². The van der Waals surface area contributed by atoms with Crippen LogP contribution in [0.25, 0.3) is 22.1 Å². The summed E-state index contributed by atoms with van der Waals surface area (Å²) in [6.07, 6.45) is 0.328. The molecule has 38 heavy (non-hydrogen) atoms. The number of hydrogen-bond acceptors (Lipinski definition) is 5. The Bertz CT molecular complexity index is 1180. The van der Waals surface area contributed by atoms with Gasteiger partial charge in [-0.3, -0.25) is 9.69 Å². The normalized spacial score (nSPS) is 15.3. The predicted octanol–water partition coefficient (Wildman–Crippen LogP) is 5.81. The molecular formula is C29H36F3N3O3. The molecule has 6 nitrogen and oxygen atoms in total. The number of hydrogen-bond donors (Lipinski definition) is 1. The number of carbonyl (C=O) groups is 1. The Labute approximate surface area is 221 Å². The Kier molecular flexibility index (Phi) is 9.33. The van der Waals surface area contributed by atoms with Crippen molar-refractivity contribution in [2.75, 3.05) is 45.9 Å². The molecule has 2 heterocycles. The van der Waals surface area contributed by atoms with E-state index < -0.39 is 11.7 Å². The average Bonchev–Trinajstić information content (AvgIpc) is 3.29. The van der Waals surface area contributed by atoms with E-state index in [0.29, 0.717) is 30.0 Å². The van der Waals surface area contributed by atoms with Crippen LogP contribution in [0.4, 0.5) is 13.2 Å². The number of carbonyl (C=O) groups excluding carboxylic acids is 1. The van der Waals surface area contributed by atoms with E-state index in [1.54, 1.807) is 6.26 Å². The summed E-state index contributed by atoms with van der Waals surface area (Å²) >= 11 is 0. The monoisotopic (exact) mass is 531 g/mol. The minimum atomic E-state index is -4.35. The van der Waals surface area contributed by atoms with Gasteiger partial charge in [0.15, 0.2) is 0 Å². The van der Waals surface area contributed by atoms with Gasteiger partial charge in [-0.05, 0) is 69.5 Å². The Balaban J connectivity index is 1.15. The molecule has 0 aliphatic carbocycles. The SMILES string of the molecule is CC(C)NC(=O)CN1CCN(CCCCCOc2ccc3c(-c4ccc(C(F)(F)F)cc4)coc3c2)CC1. The van der Waals surface area contributed by atoms with Crippen molar-refractivity contribution in [2.24, 2.45) is 0 Å². The van der Waals surface area contributed by atoms with Crippen molar-refractivity contribution < 1.29 is 27.1 Å². The maximum absolute atomic E-state index is 12.8. The van der Waals surface area contributed by atoms with Crippen molar-refractivity contribution in [3.8, 4) is 16.9 Å². The molecule has 0 radical (unpaired) electrons. The molecule has 3 aromatic rings. The second kappa shape index (κ2) is 12.7. The maximum atomic E-state index is 12.8. The summed E-state index contributed by atoms with van der Waals surface area (Å²) in [5, 5.41) is 3.78. The van der Waals surface area contributed by atoms with Gasteiger partial charge in [-0.15, -0.1) is 0 Å². The first-order valence-electron chi connectivity index (χ1n) is 13.2. The Morgan fingerprint density at radius 3 is 2.39 bits per heavy atom. The number of halogens is 3. The minimum absolute atomic E-state index is 0.0965. The fourth-order valence-electron chi connectivity index (χ4n) is 4.71. The zero-order valence-electron chi connectivity index (χ0n) is 22.0. The third-order valence-corrected chi connectivity index (χ3v) is 6.74. The number of rotatable bonds is 11. The molecule has 9 heteroatoms. The third-order valence-electron chi connectivity index (χ3n) is 6.74. The van der Waals surface area contributed by atoms with Gasteiger partial charge in [-0.1, -0.05) is 12.1 Å². The van der Waals surface area contributed by atoms with Crippen LogP contribution in [-0.4, -0.2) is 67.6 Å². The van der Waals surface area contributed by atoms with Gasteiger partial charge in [-0.25, -0.2) is 0 Å². The quantitative estimate of drug-likeness (QED) is 0.317. The van der Waals surface area contributed by atoms with Crippen LogP contribution in [-0.2, 0) is 11.0 Å². The summed E-state index contributed by atoms with van der Waals surface area (Å²) in [5.41, 5.74) is 1.39. The summed E-state index contributed by atoms with van der Waals surface area (Å²) in [7, 11) is 0. The smallest absolute Gasteiger partial charge is 0.416 e. The van der Waals surface area contributed by atoms with Crippen molar-refractivity contribution in [3.63, 3.8) is 0 Å². The van der Waals surface area contributed by atoms with Crippen molar-refractivity contribution in [1.29, 1.82) is 0 Å².